The average molecular weight is 280 g/mol. The molecule has 2 atom stereocenters. The summed E-state index contributed by atoms with van der Waals surface area (Å²) in [5, 5.41) is 6.25. The Balaban J connectivity index is 0.00000172. The number of quaternary nitrogens is 1. The van der Waals surface area contributed by atoms with Gasteiger partial charge in [-0.3, -0.25) is 0 Å². The molecule has 1 heterocycles. The van der Waals surface area contributed by atoms with E-state index in [1.165, 1.54) is 90.3 Å². The van der Waals surface area contributed by atoms with Crippen LogP contribution in [0.2, 0.25) is 0 Å². The fourth-order valence-corrected chi connectivity index (χ4v) is 3.34. The number of likely N-dealkylation sites (tertiary alicyclic amines) is 1. The molecule has 0 saturated carbocycles. The van der Waals surface area contributed by atoms with E-state index in [9.17, 15) is 0 Å². The van der Waals surface area contributed by atoms with Gasteiger partial charge < -0.3 is 16.7 Å². The smallest absolute Gasteiger partial charge is 0.0799 e. The molecule has 0 bridgehead atoms. The van der Waals surface area contributed by atoms with Crippen molar-refractivity contribution < 1.29 is 4.90 Å². The Morgan fingerprint density at radius 3 is 2.15 bits per heavy atom. The van der Waals surface area contributed by atoms with Gasteiger partial charge in [-0.05, 0) is 32.1 Å². The third-order valence-electron chi connectivity index (χ3n) is 4.68. The Morgan fingerprint density at radius 1 is 0.950 bits per heavy atom. The molecule has 1 aliphatic rings. The van der Waals surface area contributed by atoms with Crippen molar-refractivity contribution in [1.82, 2.24) is 0 Å². The van der Waals surface area contributed by atoms with Gasteiger partial charge in [0.2, 0.25) is 0 Å². The van der Waals surface area contributed by atoms with E-state index >= 15 is 0 Å². The molecule has 0 aromatic heterocycles. The Hall–Kier alpha value is -0.550. The Morgan fingerprint density at radius 2 is 1.55 bits per heavy atom. The molecule has 0 amide bonds. The summed E-state index contributed by atoms with van der Waals surface area (Å²) in [7, 11) is 0. The zero-order chi connectivity index (χ0) is 15.1. The van der Waals surface area contributed by atoms with E-state index in [4.69, 9.17) is 11.8 Å². The van der Waals surface area contributed by atoms with Gasteiger partial charge in [0.05, 0.1) is 19.6 Å². The first kappa shape index (κ1) is 19.4. The van der Waals surface area contributed by atoms with E-state index < -0.39 is 0 Å². The van der Waals surface area contributed by atoms with Crippen LogP contribution >= 0.6 is 0 Å². The largest absolute Gasteiger partial charge is 0.512 e. The van der Waals surface area contributed by atoms with E-state index in [0.717, 1.165) is 5.92 Å². The van der Waals surface area contributed by atoms with E-state index in [-0.39, 0.29) is 0 Å². The van der Waals surface area contributed by atoms with Crippen LogP contribution in [0.4, 0.5) is 0 Å². The van der Waals surface area contributed by atoms with Crippen molar-refractivity contribution in [2.45, 2.75) is 84.5 Å². The Bertz CT molecular complexity index is 213. The number of unbranched alkanes of at least 4 members (excludes halogenated alkanes) is 7. The van der Waals surface area contributed by atoms with Gasteiger partial charge in [0.15, 0.2) is 0 Å². The normalized spacial score (nSPS) is 22.0. The van der Waals surface area contributed by atoms with Crippen LogP contribution in [-0.2, 0) is 0 Å². The third kappa shape index (κ3) is 10.3. The second-order valence-electron chi connectivity index (χ2n) is 6.35. The lowest BCUT2D eigenvalue weighted by atomic mass is 9.95. The first-order valence-corrected chi connectivity index (χ1v) is 8.92. The molecule has 0 aliphatic carbocycles. The van der Waals surface area contributed by atoms with E-state index in [0.29, 0.717) is 0 Å². The highest BCUT2D eigenvalue weighted by atomic mass is 15.1. The molecule has 1 fully saturated rings. The van der Waals surface area contributed by atoms with Crippen LogP contribution in [0, 0.1) is 17.8 Å². The highest BCUT2D eigenvalue weighted by Gasteiger charge is 2.20. The summed E-state index contributed by atoms with van der Waals surface area (Å²) in [6.45, 7) is 13.8. The molecule has 2 heteroatoms. The summed E-state index contributed by atoms with van der Waals surface area (Å²) in [5.74, 6) is 1.03. The zero-order valence-electron chi connectivity index (χ0n) is 13.9. The molecule has 1 N–H and O–H groups in total. The third-order valence-corrected chi connectivity index (χ3v) is 4.68. The first-order valence-electron chi connectivity index (χ1n) is 8.92. The van der Waals surface area contributed by atoms with Crippen molar-refractivity contribution in [3.05, 3.63) is 6.57 Å². The number of piperidine rings is 1. The molecular weight excluding hydrogens is 244 g/mol. The van der Waals surface area contributed by atoms with Gasteiger partial charge >= 0.3 is 0 Å². The molecular formula is C18H36N2. The average Bonchev–Trinajstić information content (AvgIpc) is 2.52. The van der Waals surface area contributed by atoms with Crippen LogP contribution in [0.15, 0.2) is 0 Å². The molecule has 1 rings (SSSR count). The van der Waals surface area contributed by atoms with Crippen molar-refractivity contribution >= 4 is 0 Å². The number of rotatable bonds is 10. The van der Waals surface area contributed by atoms with Crippen molar-refractivity contribution in [2.24, 2.45) is 5.92 Å². The lowest BCUT2D eigenvalue weighted by molar-refractivity contribution is -0.909. The molecule has 2 unspecified atom stereocenters. The summed E-state index contributed by atoms with van der Waals surface area (Å²) in [6, 6.07) is 0. The van der Waals surface area contributed by atoms with Crippen molar-refractivity contribution in [2.75, 3.05) is 19.6 Å². The molecule has 118 valence electrons. The second-order valence-corrected chi connectivity index (χ2v) is 6.35. The zero-order valence-corrected chi connectivity index (χ0v) is 13.9. The molecule has 20 heavy (non-hydrogen) atoms. The summed E-state index contributed by atoms with van der Waals surface area (Å²) in [4.78, 5) is 1.90. The maximum Gasteiger partial charge on any atom is 0.0799 e. The van der Waals surface area contributed by atoms with Gasteiger partial charge in [0, 0.05) is 5.92 Å². The van der Waals surface area contributed by atoms with Crippen LogP contribution in [0.25, 0.3) is 0 Å². The molecule has 0 aromatic rings. The number of nitrogens with one attached hydrogen (secondary N) is 1. The van der Waals surface area contributed by atoms with Crippen LogP contribution in [-0.4, -0.2) is 19.6 Å². The van der Waals surface area contributed by atoms with Crippen molar-refractivity contribution in [3.63, 3.8) is 0 Å². The lowest BCUT2D eigenvalue weighted by Gasteiger charge is -2.29. The van der Waals surface area contributed by atoms with Gasteiger partial charge in [0.25, 0.3) is 0 Å². The predicted octanol–water partition coefficient (Wildman–Crippen LogP) is 3.93. The van der Waals surface area contributed by atoms with E-state index in [1.54, 1.807) is 0 Å². The number of nitrogens with zero attached hydrogens (tertiary/aromatic N) is 1. The second kappa shape index (κ2) is 14.9. The van der Waals surface area contributed by atoms with E-state index in [2.05, 4.69) is 13.8 Å². The summed E-state index contributed by atoms with van der Waals surface area (Å²) in [6.07, 6.45) is 16.0. The SMILES string of the molecule is CCCCCCCCCC[NH+]1CCCC(CC)C1.[C-]#N. The van der Waals surface area contributed by atoms with Crippen LogP contribution in [0.1, 0.15) is 84.5 Å². The van der Waals surface area contributed by atoms with E-state index in [1.807, 2.05) is 4.90 Å². The molecule has 1 saturated heterocycles. The highest BCUT2D eigenvalue weighted by molar-refractivity contribution is 4.59. The Labute approximate surface area is 127 Å². The summed E-state index contributed by atoms with van der Waals surface area (Å²) in [5.41, 5.74) is 0. The standard InChI is InChI=1S/C17H35N.CN/c1-3-5-6-7-8-9-10-11-14-18-15-12-13-17(4-2)16-18;1-2/h17H,3-16H2,1-2H3;/q;-1/p+1. The number of hydrogen-bond donors (Lipinski definition) is 1. The van der Waals surface area contributed by atoms with Crippen molar-refractivity contribution in [1.29, 1.82) is 5.26 Å². The van der Waals surface area contributed by atoms with Crippen LogP contribution in [0.5, 0.6) is 0 Å². The lowest BCUT2D eigenvalue weighted by Crippen LogP contribution is -3.13. The minimum absolute atomic E-state index is 1.03. The van der Waals surface area contributed by atoms with Gasteiger partial charge in [-0.15, -0.1) is 0 Å². The monoisotopic (exact) mass is 280 g/mol. The van der Waals surface area contributed by atoms with Crippen molar-refractivity contribution in [3.8, 4) is 0 Å². The van der Waals surface area contributed by atoms with Crippen LogP contribution in [0.3, 0.4) is 0 Å². The summed E-state index contributed by atoms with van der Waals surface area (Å²) >= 11 is 0. The topological polar surface area (TPSA) is 28.2 Å². The molecule has 2 nitrogen and oxygen atoms in total. The van der Waals surface area contributed by atoms with Gasteiger partial charge in [-0.1, -0.05) is 52.4 Å². The molecule has 0 aromatic carbocycles. The Kier molecular flexibility index (Phi) is 14.4. The maximum atomic E-state index is 6.25. The summed E-state index contributed by atoms with van der Waals surface area (Å²) < 4.78 is 0. The fourth-order valence-electron chi connectivity index (χ4n) is 3.34. The van der Waals surface area contributed by atoms with Gasteiger partial charge in [0.1, 0.15) is 0 Å². The number of hydrogen-bond acceptors (Lipinski definition) is 1. The predicted molar refractivity (Wildman–Crippen MR) is 86.2 cm³/mol. The molecule has 0 spiro atoms. The first-order chi connectivity index (χ1) is 9.86. The highest BCUT2D eigenvalue weighted by Crippen LogP contribution is 2.11. The van der Waals surface area contributed by atoms with Gasteiger partial charge in [-0.25, -0.2) is 0 Å². The minimum Gasteiger partial charge on any atom is -0.512 e. The van der Waals surface area contributed by atoms with Gasteiger partial charge in [-0.2, -0.15) is 0 Å². The molecule has 1 aliphatic heterocycles. The minimum atomic E-state index is 1.03. The fraction of sp³-hybridized carbons (Fsp3) is 0.944. The maximum absolute atomic E-state index is 6.25. The quantitative estimate of drug-likeness (QED) is 0.476. The van der Waals surface area contributed by atoms with Crippen LogP contribution < -0.4 is 4.90 Å². The molecule has 0 radical (unpaired) electrons.